The summed E-state index contributed by atoms with van der Waals surface area (Å²) in [6.45, 7) is 10.9. The van der Waals surface area contributed by atoms with E-state index in [1.807, 2.05) is 24.4 Å². The smallest absolute Gasteiger partial charge is 0.243 e. The quantitative estimate of drug-likeness (QED) is 0.374. The van der Waals surface area contributed by atoms with Crippen molar-refractivity contribution in [2.24, 2.45) is 0 Å². The molecule has 1 aliphatic heterocycles. The topological polar surface area (TPSA) is 80.5 Å². The molecule has 1 unspecified atom stereocenters. The monoisotopic (exact) mass is 543 g/mol. The van der Waals surface area contributed by atoms with Crippen molar-refractivity contribution in [2.75, 3.05) is 32.7 Å². The summed E-state index contributed by atoms with van der Waals surface area (Å²) in [7, 11) is 0. The Hall–Kier alpha value is -3.16. The van der Waals surface area contributed by atoms with E-state index in [-0.39, 0.29) is 11.8 Å². The minimum Gasteiger partial charge on any atom is -0.361 e. The van der Waals surface area contributed by atoms with Gasteiger partial charge in [-0.1, -0.05) is 49.6 Å². The average molecular weight is 544 g/mol. The van der Waals surface area contributed by atoms with E-state index in [4.69, 9.17) is 0 Å². The second kappa shape index (κ2) is 13.0. The molecule has 1 aromatic heterocycles. The van der Waals surface area contributed by atoms with Crippen molar-refractivity contribution in [1.29, 1.82) is 0 Å². The van der Waals surface area contributed by atoms with E-state index in [0.29, 0.717) is 19.5 Å². The lowest BCUT2D eigenvalue weighted by Gasteiger charge is -2.40. The highest BCUT2D eigenvalue weighted by atomic mass is 16.2. The van der Waals surface area contributed by atoms with Crippen LogP contribution in [0.25, 0.3) is 10.9 Å². The Labute approximate surface area is 238 Å². The fourth-order valence-corrected chi connectivity index (χ4v) is 6.45. The van der Waals surface area contributed by atoms with E-state index >= 15 is 0 Å². The number of piperazine rings is 1. The number of carbonyl (C=O) groups excluding carboxylic acids is 2. The van der Waals surface area contributed by atoms with Crippen molar-refractivity contribution in [3.63, 3.8) is 0 Å². The zero-order chi connectivity index (χ0) is 28.1. The molecule has 2 aliphatic rings. The van der Waals surface area contributed by atoms with Crippen LogP contribution in [0.2, 0.25) is 0 Å². The van der Waals surface area contributed by atoms with Crippen molar-refractivity contribution in [1.82, 2.24) is 25.4 Å². The molecule has 3 N–H and O–H groups in total. The predicted molar refractivity (Wildman–Crippen MR) is 161 cm³/mol. The largest absolute Gasteiger partial charge is 0.361 e. The fraction of sp³-hybridized carbons (Fsp3) is 0.515. The second-order valence-electron chi connectivity index (χ2n) is 11.9. The average Bonchev–Trinajstić information content (AvgIpc) is 3.37. The number of amides is 2. The van der Waals surface area contributed by atoms with Crippen molar-refractivity contribution in [3.05, 3.63) is 70.4 Å². The number of hydrogen-bond donors (Lipinski definition) is 3. The third-order valence-corrected chi connectivity index (χ3v) is 9.07. The van der Waals surface area contributed by atoms with Crippen LogP contribution in [0.1, 0.15) is 59.9 Å². The van der Waals surface area contributed by atoms with Gasteiger partial charge in [0.05, 0.1) is 6.54 Å². The van der Waals surface area contributed by atoms with Crippen LogP contribution in [0.15, 0.2) is 42.6 Å². The number of benzene rings is 2. The van der Waals surface area contributed by atoms with Crippen LogP contribution in [0.4, 0.5) is 0 Å². The molecule has 7 heteroatoms. The van der Waals surface area contributed by atoms with Gasteiger partial charge in [0.25, 0.3) is 0 Å². The predicted octanol–water partition coefficient (Wildman–Crippen LogP) is 4.39. The Morgan fingerprint density at radius 3 is 2.40 bits per heavy atom. The van der Waals surface area contributed by atoms with Crippen LogP contribution in [0.5, 0.6) is 0 Å². The van der Waals surface area contributed by atoms with Crippen molar-refractivity contribution in [3.8, 4) is 0 Å². The minimum atomic E-state index is -0.650. The Kier molecular flexibility index (Phi) is 9.22. The van der Waals surface area contributed by atoms with Crippen LogP contribution < -0.4 is 10.6 Å². The lowest BCUT2D eigenvalue weighted by Crippen LogP contribution is -2.54. The molecule has 214 valence electrons. The molecule has 1 saturated carbocycles. The molecule has 0 bridgehead atoms. The summed E-state index contributed by atoms with van der Waals surface area (Å²) in [5.74, 6) is -0.246. The number of carbonyl (C=O) groups is 2. The first-order chi connectivity index (χ1) is 19.4. The van der Waals surface area contributed by atoms with Crippen LogP contribution in [0.3, 0.4) is 0 Å². The lowest BCUT2D eigenvalue weighted by molar-refractivity contribution is -0.129. The zero-order valence-corrected chi connectivity index (χ0v) is 24.4. The molecule has 1 saturated heterocycles. The number of fused-ring (bicyclic) bond motifs is 1. The minimum absolute atomic E-state index is 0.0897. The van der Waals surface area contributed by atoms with E-state index in [2.05, 4.69) is 64.4 Å². The summed E-state index contributed by atoms with van der Waals surface area (Å²) >= 11 is 0. The number of hydrogen-bond acceptors (Lipinski definition) is 4. The summed E-state index contributed by atoms with van der Waals surface area (Å²) in [6.07, 6.45) is 9.07. The first-order valence-corrected chi connectivity index (χ1v) is 15.0. The van der Waals surface area contributed by atoms with E-state index in [1.165, 1.54) is 48.8 Å². The zero-order valence-electron chi connectivity index (χ0n) is 24.4. The van der Waals surface area contributed by atoms with Crippen LogP contribution in [-0.4, -0.2) is 71.4 Å². The highest BCUT2D eigenvalue weighted by molar-refractivity contribution is 5.90. The van der Waals surface area contributed by atoms with Crippen molar-refractivity contribution >= 4 is 22.7 Å². The third kappa shape index (κ3) is 6.94. The van der Waals surface area contributed by atoms with Crippen LogP contribution in [0, 0.1) is 20.8 Å². The number of aromatic nitrogens is 1. The fourth-order valence-electron chi connectivity index (χ4n) is 6.45. The maximum absolute atomic E-state index is 13.5. The van der Waals surface area contributed by atoms with Gasteiger partial charge in [-0.2, -0.15) is 0 Å². The second-order valence-corrected chi connectivity index (χ2v) is 11.9. The molecule has 2 aromatic carbocycles. The van der Waals surface area contributed by atoms with E-state index < -0.39 is 6.04 Å². The molecule has 2 fully saturated rings. The van der Waals surface area contributed by atoms with Gasteiger partial charge in [0.1, 0.15) is 6.04 Å². The molecule has 1 atom stereocenters. The molecular weight excluding hydrogens is 498 g/mol. The van der Waals surface area contributed by atoms with Gasteiger partial charge in [-0.15, -0.1) is 0 Å². The molecule has 2 amide bonds. The van der Waals surface area contributed by atoms with Gasteiger partial charge in [0.15, 0.2) is 0 Å². The SMILES string of the molecule is Cc1cc(CNC(=O)C(Cc2c[nH]c3ccccc23)NC(=O)CN2CCN(C3CCCCC3)CC2)cc(C)c1C. The molecule has 2 heterocycles. The maximum atomic E-state index is 13.5. The number of nitrogens with one attached hydrogen (secondary N) is 3. The van der Waals surface area contributed by atoms with Gasteiger partial charge in [0.2, 0.25) is 11.8 Å². The Morgan fingerprint density at radius 2 is 1.68 bits per heavy atom. The highest BCUT2D eigenvalue weighted by Crippen LogP contribution is 2.24. The molecule has 3 aromatic rings. The summed E-state index contributed by atoms with van der Waals surface area (Å²) in [5.41, 5.74) is 6.85. The molecule has 0 spiro atoms. The molecule has 7 nitrogen and oxygen atoms in total. The first kappa shape index (κ1) is 28.4. The number of aromatic amines is 1. The maximum Gasteiger partial charge on any atom is 0.243 e. The number of H-pyrrole nitrogens is 1. The van der Waals surface area contributed by atoms with Gasteiger partial charge < -0.3 is 15.6 Å². The molecule has 0 radical (unpaired) electrons. The van der Waals surface area contributed by atoms with Crippen LogP contribution in [-0.2, 0) is 22.6 Å². The number of aryl methyl sites for hydroxylation is 2. The van der Waals surface area contributed by atoms with E-state index in [1.54, 1.807) is 0 Å². The third-order valence-electron chi connectivity index (χ3n) is 9.07. The lowest BCUT2D eigenvalue weighted by atomic mass is 9.94. The van der Waals surface area contributed by atoms with Gasteiger partial charge >= 0.3 is 0 Å². The van der Waals surface area contributed by atoms with Gasteiger partial charge in [-0.25, -0.2) is 0 Å². The molecule has 40 heavy (non-hydrogen) atoms. The summed E-state index contributed by atoms with van der Waals surface area (Å²) in [5, 5.41) is 7.27. The summed E-state index contributed by atoms with van der Waals surface area (Å²) < 4.78 is 0. The Balaban J connectivity index is 1.22. The molecular formula is C33H45N5O2. The van der Waals surface area contributed by atoms with Gasteiger partial charge in [-0.05, 0) is 67.5 Å². The summed E-state index contributed by atoms with van der Waals surface area (Å²) in [4.78, 5) is 34.9. The van der Waals surface area contributed by atoms with E-state index in [9.17, 15) is 9.59 Å². The highest BCUT2D eigenvalue weighted by Gasteiger charge is 2.27. The summed E-state index contributed by atoms with van der Waals surface area (Å²) in [6, 6.07) is 12.4. The van der Waals surface area contributed by atoms with E-state index in [0.717, 1.165) is 54.3 Å². The first-order valence-electron chi connectivity index (χ1n) is 15.0. The normalized spacial score (nSPS) is 18.1. The number of nitrogens with zero attached hydrogens (tertiary/aromatic N) is 2. The van der Waals surface area contributed by atoms with Gasteiger partial charge in [0, 0.05) is 62.3 Å². The van der Waals surface area contributed by atoms with Crippen LogP contribution >= 0.6 is 0 Å². The standard InChI is InChI=1S/C33H45N5O2/c1-23-17-26(18-24(2)25(23)3)20-35-33(40)31(19-27-21-34-30-12-8-7-11-29(27)30)36-32(39)22-37-13-15-38(16-14-37)28-9-5-4-6-10-28/h7-8,11-12,17-18,21,28,31,34H,4-6,9-10,13-16,19-20,22H2,1-3H3,(H,35,40)(H,36,39). The Morgan fingerprint density at radius 1 is 0.975 bits per heavy atom. The number of rotatable bonds is 9. The number of para-hydroxylation sites is 1. The molecule has 5 rings (SSSR count). The van der Waals surface area contributed by atoms with Gasteiger partial charge in [-0.3, -0.25) is 19.4 Å². The van der Waals surface area contributed by atoms with Crippen molar-refractivity contribution in [2.45, 2.75) is 77.9 Å². The Bertz CT molecular complexity index is 1290. The van der Waals surface area contributed by atoms with Crippen molar-refractivity contribution < 1.29 is 9.59 Å². The molecule has 1 aliphatic carbocycles.